The van der Waals surface area contributed by atoms with E-state index in [1.54, 1.807) is 45.8 Å². The van der Waals surface area contributed by atoms with Crippen molar-refractivity contribution in [3.8, 4) is 0 Å². The number of hydrogen-bond donors (Lipinski definition) is 0. The maximum atomic E-state index is 13.7. The van der Waals surface area contributed by atoms with Gasteiger partial charge in [0.1, 0.15) is 18.9 Å². The molecule has 13 nitrogen and oxygen atoms in total. The predicted octanol–water partition coefficient (Wildman–Crippen LogP) is 6.35. The first-order valence-corrected chi connectivity index (χ1v) is 19.1. The number of thioether (sulfide) groups is 1. The molecule has 0 saturated carbocycles. The molecule has 0 bridgehead atoms. The van der Waals surface area contributed by atoms with Crippen LogP contribution in [0.5, 0.6) is 0 Å². The fourth-order valence-electron chi connectivity index (χ4n) is 5.65. The molecular formula is C31H42N4O9SSi. The summed E-state index contributed by atoms with van der Waals surface area (Å²) in [5.41, 5.74) is 0.315. The molecule has 0 N–H and O–H groups in total. The van der Waals surface area contributed by atoms with Crippen LogP contribution in [0.25, 0.3) is 0 Å². The van der Waals surface area contributed by atoms with Crippen molar-refractivity contribution in [3.63, 3.8) is 0 Å². The second-order valence-electron chi connectivity index (χ2n) is 13.1. The number of benzene rings is 2. The number of rotatable bonds is 11. The molecule has 2 aromatic carbocycles. The summed E-state index contributed by atoms with van der Waals surface area (Å²) >= 11 is 1.69. The van der Waals surface area contributed by atoms with Gasteiger partial charge in [-0.05, 0) is 66.2 Å². The fourth-order valence-corrected chi connectivity index (χ4v) is 8.35. The summed E-state index contributed by atoms with van der Waals surface area (Å²) < 4.78 is 17.9. The molecule has 2 aliphatic heterocycles. The minimum absolute atomic E-state index is 0.0184. The SMILES string of the molecule is C[SiH](C)O[C@]1(CS[C@H]2CCN(C(=O)OCc3ccc([N+](=O)[O-])cc3)C2)C[C@H](C(C)(C)C)CN1C(=O)OCc1ccc([N+](=O)[O-])cc1. The highest BCUT2D eigenvalue weighted by molar-refractivity contribution is 8.00. The van der Waals surface area contributed by atoms with Crippen LogP contribution in [0.15, 0.2) is 48.5 Å². The van der Waals surface area contributed by atoms with Crippen LogP contribution in [-0.2, 0) is 27.1 Å². The fraction of sp³-hybridized carbons (Fsp3) is 0.548. The van der Waals surface area contributed by atoms with Crippen LogP contribution in [0, 0.1) is 31.6 Å². The van der Waals surface area contributed by atoms with Gasteiger partial charge in [-0.3, -0.25) is 25.1 Å². The van der Waals surface area contributed by atoms with E-state index in [0.29, 0.717) is 42.9 Å². The number of likely N-dealkylation sites (tertiary alicyclic amines) is 2. The van der Waals surface area contributed by atoms with Crippen molar-refractivity contribution in [2.45, 2.75) is 70.9 Å². The van der Waals surface area contributed by atoms with E-state index in [0.717, 1.165) is 6.42 Å². The first kappa shape index (κ1) is 35.2. The van der Waals surface area contributed by atoms with Crippen molar-refractivity contribution in [2.75, 3.05) is 25.4 Å². The Morgan fingerprint density at radius 1 is 0.913 bits per heavy atom. The number of nitrogens with zero attached hydrogens (tertiary/aromatic N) is 4. The van der Waals surface area contributed by atoms with Gasteiger partial charge in [0.15, 0.2) is 9.04 Å². The van der Waals surface area contributed by atoms with Crippen LogP contribution in [0.1, 0.15) is 44.7 Å². The Labute approximate surface area is 274 Å². The minimum atomic E-state index is -1.64. The molecule has 0 radical (unpaired) electrons. The summed E-state index contributed by atoms with van der Waals surface area (Å²) in [4.78, 5) is 50.8. The number of non-ortho nitro benzene ring substituents is 2. The van der Waals surface area contributed by atoms with Gasteiger partial charge in [-0.2, -0.15) is 11.8 Å². The minimum Gasteiger partial charge on any atom is -0.445 e. The number of nitro benzene ring substituents is 2. The van der Waals surface area contributed by atoms with Gasteiger partial charge in [-0.25, -0.2) is 9.59 Å². The highest BCUT2D eigenvalue weighted by Crippen LogP contribution is 2.46. The molecule has 0 unspecified atom stereocenters. The third kappa shape index (κ3) is 8.97. The number of ether oxygens (including phenoxy) is 2. The number of carbonyl (C=O) groups is 2. The molecule has 2 fully saturated rings. The summed E-state index contributed by atoms with van der Waals surface area (Å²) in [7, 11) is -1.64. The van der Waals surface area contributed by atoms with Gasteiger partial charge >= 0.3 is 12.2 Å². The van der Waals surface area contributed by atoms with Crippen LogP contribution in [0.4, 0.5) is 21.0 Å². The van der Waals surface area contributed by atoms with Crippen molar-refractivity contribution in [1.82, 2.24) is 9.80 Å². The average Bonchev–Trinajstić information content (AvgIpc) is 3.63. The largest absolute Gasteiger partial charge is 0.445 e. The number of carbonyl (C=O) groups excluding carboxylic acids is 2. The van der Waals surface area contributed by atoms with E-state index < -0.39 is 36.8 Å². The predicted molar refractivity (Wildman–Crippen MR) is 176 cm³/mol. The molecule has 0 spiro atoms. The summed E-state index contributed by atoms with van der Waals surface area (Å²) in [6, 6.07) is 11.8. The van der Waals surface area contributed by atoms with E-state index in [-0.39, 0.29) is 41.2 Å². The van der Waals surface area contributed by atoms with Crippen LogP contribution >= 0.6 is 11.8 Å². The molecule has 2 aromatic rings. The zero-order valence-corrected chi connectivity index (χ0v) is 28.9. The smallest absolute Gasteiger partial charge is 0.412 e. The molecular weight excluding hydrogens is 633 g/mol. The third-order valence-electron chi connectivity index (χ3n) is 8.33. The maximum absolute atomic E-state index is 13.7. The van der Waals surface area contributed by atoms with Gasteiger partial charge < -0.3 is 18.8 Å². The summed E-state index contributed by atoms with van der Waals surface area (Å²) in [5.74, 6) is 0.690. The first-order valence-electron chi connectivity index (χ1n) is 15.3. The van der Waals surface area contributed by atoms with Crippen molar-refractivity contribution in [1.29, 1.82) is 0 Å². The van der Waals surface area contributed by atoms with Gasteiger partial charge in [0.05, 0.1) is 9.85 Å². The molecule has 2 saturated heterocycles. The van der Waals surface area contributed by atoms with E-state index in [9.17, 15) is 29.8 Å². The van der Waals surface area contributed by atoms with Crippen molar-refractivity contribution >= 4 is 44.4 Å². The summed E-state index contributed by atoms with van der Waals surface area (Å²) in [5, 5.41) is 22.0. The van der Waals surface area contributed by atoms with Gasteiger partial charge in [0.25, 0.3) is 11.4 Å². The van der Waals surface area contributed by atoms with Crippen molar-refractivity contribution < 1.29 is 33.3 Å². The molecule has 15 heteroatoms. The van der Waals surface area contributed by atoms with Crippen LogP contribution in [0.2, 0.25) is 13.1 Å². The molecule has 0 aromatic heterocycles. The summed E-state index contributed by atoms with van der Waals surface area (Å²) in [6.45, 7) is 12.1. The van der Waals surface area contributed by atoms with Gasteiger partial charge in [0.2, 0.25) is 0 Å². The topological polar surface area (TPSA) is 155 Å². The number of hydrogen-bond acceptors (Lipinski definition) is 10. The van der Waals surface area contributed by atoms with Gasteiger partial charge in [-0.1, -0.05) is 20.8 Å². The van der Waals surface area contributed by atoms with Crippen LogP contribution < -0.4 is 0 Å². The molecule has 4 rings (SSSR count). The quantitative estimate of drug-likeness (QED) is 0.150. The number of nitro groups is 2. The zero-order chi connectivity index (χ0) is 33.6. The zero-order valence-electron chi connectivity index (χ0n) is 26.9. The normalized spacial score (nSPS) is 21.4. The van der Waals surface area contributed by atoms with Crippen LogP contribution in [0.3, 0.4) is 0 Å². The average molecular weight is 675 g/mol. The van der Waals surface area contributed by atoms with E-state index in [4.69, 9.17) is 13.9 Å². The Balaban J connectivity index is 1.39. The lowest BCUT2D eigenvalue weighted by molar-refractivity contribution is -0.385. The maximum Gasteiger partial charge on any atom is 0.412 e. The molecule has 0 aliphatic carbocycles. The lowest BCUT2D eigenvalue weighted by Crippen LogP contribution is -2.53. The van der Waals surface area contributed by atoms with Gasteiger partial charge in [-0.15, -0.1) is 0 Å². The van der Waals surface area contributed by atoms with Crippen molar-refractivity contribution in [3.05, 3.63) is 79.9 Å². The Morgan fingerprint density at radius 3 is 1.91 bits per heavy atom. The second-order valence-corrected chi connectivity index (χ2v) is 16.7. The van der Waals surface area contributed by atoms with E-state index >= 15 is 0 Å². The molecule has 46 heavy (non-hydrogen) atoms. The monoisotopic (exact) mass is 674 g/mol. The van der Waals surface area contributed by atoms with E-state index in [1.165, 1.54) is 24.3 Å². The van der Waals surface area contributed by atoms with Crippen LogP contribution in [-0.4, -0.2) is 77.2 Å². The molecule has 2 heterocycles. The molecule has 3 atom stereocenters. The Bertz CT molecular complexity index is 1400. The lowest BCUT2D eigenvalue weighted by Gasteiger charge is -2.40. The second kappa shape index (κ2) is 14.8. The van der Waals surface area contributed by atoms with Gasteiger partial charge in [0, 0.05) is 61.3 Å². The third-order valence-corrected chi connectivity index (χ3v) is 10.7. The highest BCUT2D eigenvalue weighted by atomic mass is 32.2. The van der Waals surface area contributed by atoms with E-state index in [2.05, 4.69) is 33.9 Å². The molecule has 2 amide bonds. The molecule has 2 aliphatic rings. The number of amides is 2. The lowest BCUT2D eigenvalue weighted by atomic mass is 9.79. The highest BCUT2D eigenvalue weighted by Gasteiger charge is 2.53. The van der Waals surface area contributed by atoms with E-state index in [1.807, 2.05) is 0 Å². The standard InChI is InChI=1S/C31H42N4O9SSi/c1-30(2,3)24-16-31(44-46(4)5,33(17-24)29(37)43-20-23-8-12-26(13-9-23)35(40)41)21-45-27-14-15-32(18-27)28(36)42-19-22-6-10-25(11-7-22)34(38)39/h6-13,24,27,46H,14-21H2,1-5H3/t24-,27-,31-/m0/s1. The molecule has 250 valence electrons. The van der Waals surface area contributed by atoms with Crippen molar-refractivity contribution in [2.24, 2.45) is 11.3 Å². The Kier molecular flexibility index (Phi) is 11.3. The first-order chi connectivity index (χ1) is 21.7. The Morgan fingerprint density at radius 2 is 1.43 bits per heavy atom. The Hall–Kier alpha value is -3.69. The summed E-state index contributed by atoms with van der Waals surface area (Å²) in [6.07, 6.45) is 0.504.